The topological polar surface area (TPSA) is 0 Å². The third kappa shape index (κ3) is 12.7. The maximum absolute atomic E-state index is 2.29. The average molecular weight is 349 g/mol. The molecule has 2 aromatic carbocycles. The van der Waals surface area contributed by atoms with Gasteiger partial charge in [0.25, 0.3) is 0 Å². The first kappa shape index (κ1) is 22.7. The van der Waals surface area contributed by atoms with E-state index in [2.05, 4.69) is 55.5 Å². The molecule has 0 radical (unpaired) electrons. The van der Waals surface area contributed by atoms with Crippen molar-refractivity contribution in [1.29, 1.82) is 0 Å². The van der Waals surface area contributed by atoms with Gasteiger partial charge >= 0.3 is 102 Å². The molecule has 0 unspecified atom stereocenters. The van der Waals surface area contributed by atoms with Gasteiger partial charge in [-0.05, 0) is 10.8 Å². The Morgan fingerprint density at radius 2 is 0.840 bits per heavy atom. The van der Waals surface area contributed by atoms with Gasteiger partial charge in [-0.25, -0.2) is 0 Å². The first-order valence-electron chi connectivity index (χ1n) is 10.8. The number of hydrogen-bond acceptors (Lipinski definition) is 0. The third-order valence-electron chi connectivity index (χ3n) is 4.87. The number of fused-ring (bicyclic) bond motifs is 1. The minimum atomic E-state index is 1.31. The molecule has 0 heterocycles. The summed E-state index contributed by atoms with van der Waals surface area (Å²) in [6.07, 6.45) is 17.7. The molecule has 0 fully saturated rings. The zero-order chi connectivity index (χ0) is 18.0. The maximum atomic E-state index is 2.29. The normalized spacial score (nSPS) is 10.5. The summed E-state index contributed by atoms with van der Waals surface area (Å²) in [7, 11) is 0. The van der Waals surface area contributed by atoms with Crippen molar-refractivity contribution in [2.75, 3.05) is 0 Å². The minimum absolute atomic E-state index is 1.31. The van der Waals surface area contributed by atoms with E-state index in [0.29, 0.717) is 0 Å². The van der Waals surface area contributed by atoms with Gasteiger partial charge in [0.05, 0.1) is 0 Å². The number of hydrogen-bond donors (Lipinski definition) is 0. The quantitative estimate of drug-likeness (QED) is 0.268. The van der Waals surface area contributed by atoms with Crippen LogP contribution in [0.5, 0.6) is 0 Å². The molecule has 0 N–H and O–H groups in total. The predicted molar refractivity (Wildman–Crippen MR) is 116 cm³/mol. The van der Waals surface area contributed by atoms with Crippen LogP contribution in [-0.4, -0.2) is 27.9 Å². The summed E-state index contributed by atoms with van der Waals surface area (Å²) in [5.41, 5.74) is 0. The van der Waals surface area contributed by atoms with Crippen molar-refractivity contribution in [2.24, 2.45) is 0 Å². The van der Waals surface area contributed by atoms with Crippen LogP contribution in [0.3, 0.4) is 0 Å². The van der Waals surface area contributed by atoms with E-state index in [1.807, 2.05) is 0 Å². The Balaban J connectivity index is 0.000000267. The Kier molecular flexibility index (Phi) is 15.6. The van der Waals surface area contributed by atoms with Gasteiger partial charge in [-0.2, -0.15) is 0 Å². The summed E-state index contributed by atoms with van der Waals surface area (Å²) in [5.74, 6) is 0. The van der Waals surface area contributed by atoms with E-state index in [-0.39, 0.29) is 0 Å². The fourth-order valence-corrected chi connectivity index (χ4v) is 3.72. The van der Waals surface area contributed by atoms with Crippen LogP contribution in [0.15, 0.2) is 48.5 Å². The standard InChI is InChI=1S/C14H29.C10H8.Na/c1-3-5-7-9-11-13-14-12-10-8-6-4-2;1-2-6-10-8-4-3-7-9(10)5-1;/h1,3-14H2,2H3;1-8H;. The van der Waals surface area contributed by atoms with E-state index in [1.54, 1.807) is 0 Å². The molecule has 0 aliphatic carbocycles. The molecule has 2 rings (SSSR count). The molecule has 0 saturated heterocycles. The number of benzene rings is 2. The second kappa shape index (κ2) is 17.1. The fraction of sp³-hybridized carbons (Fsp3) is 0.583. The van der Waals surface area contributed by atoms with Crippen LogP contribution in [0.4, 0.5) is 0 Å². The van der Waals surface area contributed by atoms with Crippen LogP contribution in [0.1, 0.15) is 84.0 Å². The molecule has 0 aliphatic heterocycles. The van der Waals surface area contributed by atoms with E-state index in [9.17, 15) is 0 Å². The summed E-state index contributed by atoms with van der Waals surface area (Å²) >= 11 is 1.41. The van der Waals surface area contributed by atoms with Crippen molar-refractivity contribution < 1.29 is 0 Å². The van der Waals surface area contributed by atoms with Gasteiger partial charge in [-0.15, -0.1) is 0 Å². The van der Waals surface area contributed by atoms with Gasteiger partial charge < -0.3 is 0 Å². The molecular formula is C24H37Na. The minimum Gasteiger partial charge on any atom is -0.0616 e. The molecule has 1 heteroatoms. The van der Waals surface area contributed by atoms with Crippen molar-refractivity contribution in [1.82, 2.24) is 0 Å². The Morgan fingerprint density at radius 3 is 1.16 bits per heavy atom. The molecule has 25 heavy (non-hydrogen) atoms. The molecule has 0 atom stereocenters. The van der Waals surface area contributed by atoms with Gasteiger partial charge in [-0.1, -0.05) is 61.9 Å². The number of unbranched alkanes of at least 4 members (excludes halogenated alkanes) is 11. The van der Waals surface area contributed by atoms with E-state index in [4.69, 9.17) is 0 Å². The zero-order valence-corrected chi connectivity index (χ0v) is 18.8. The van der Waals surface area contributed by atoms with Gasteiger partial charge in [0.1, 0.15) is 0 Å². The van der Waals surface area contributed by atoms with Crippen molar-refractivity contribution in [2.45, 2.75) is 87.6 Å². The molecule has 0 spiro atoms. The van der Waals surface area contributed by atoms with Crippen molar-refractivity contribution in [3.8, 4) is 0 Å². The molecule has 0 aliphatic rings. The van der Waals surface area contributed by atoms with Crippen LogP contribution < -0.4 is 0 Å². The Labute approximate surface area is 174 Å². The third-order valence-corrected chi connectivity index (χ3v) is 5.57. The molecule has 0 saturated carbocycles. The Hall–Kier alpha value is -0.300. The Bertz CT molecular complexity index is 443. The Morgan fingerprint density at radius 1 is 0.520 bits per heavy atom. The van der Waals surface area contributed by atoms with Crippen LogP contribution in [-0.2, 0) is 0 Å². The van der Waals surface area contributed by atoms with Gasteiger partial charge in [0.2, 0.25) is 0 Å². The van der Waals surface area contributed by atoms with E-state index in [0.717, 1.165) is 0 Å². The van der Waals surface area contributed by atoms with Crippen LogP contribution in [0.2, 0.25) is 3.67 Å². The molecule has 2 aromatic rings. The number of rotatable bonds is 12. The summed E-state index contributed by atoms with van der Waals surface area (Å²) in [5, 5.41) is 2.62. The monoisotopic (exact) mass is 348 g/mol. The molecule has 0 aromatic heterocycles. The van der Waals surface area contributed by atoms with Crippen molar-refractivity contribution in [3.63, 3.8) is 0 Å². The smallest absolute Gasteiger partial charge is 0.0184 e. The summed E-state index contributed by atoms with van der Waals surface area (Å²) in [6, 6.07) is 16.7. The van der Waals surface area contributed by atoms with Crippen molar-refractivity contribution >= 4 is 38.7 Å². The maximum Gasteiger partial charge on any atom is -0.0184 e. The van der Waals surface area contributed by atoms with E-state index < -0.39 is 0 Å². The fourth-order valence-electron chi connectivity index (χ4n) is 3.22. The molecular weight excluding hydrogens is 311 g/mol. The predicted octanol–water partition coefficient (Wildman–Crippen LogP) is 8.11. The van der Waals surface area contributed by atoms with Crippen molar-refractivity contribution in [3.05, 3.63) is 48.5 Å². The van der Waals surface area contributed by atoms with Crippen LogP contribution in [0.25, 0.3) is 10.8 Å². The summed E-state index contributed by atoms with van der Waals surface area (Å²) in [4.78, 5) is 0. The van der Waals surface area contributed by atoms with Gasteiger partial charge in [-0.3, -0.25) is 0 Å². The molecule has 0 amide bonds. The average Bonchev–Trinajstić information content (AvgIpc) is 2.67. The first-order chi connectivity index (χ1) is 12.4. The molecule has 0 bridgehead atoms. The van der Waals surface area contributed by atoms with Crippen LogP contribution in [0, 0.1) is 0 Å². The zero-order valence-electron chi connectivity index (χ0n) is 16.8. The van der Waals surface area contributed by atoms with E-state index in [1.165, 1.54) is 119 Å². The SMILES string of the molecule is CCCCCCCCCCCCC[CH2][Na].c1ccc2ccccc2c1. The van der Waals surface area contributed by atoms with Gasteiger partial charge in [0.15, 0.2) is 0 Å². The molecule has 0 nitrogen and oxygen atoms in total. The van der Waals surface area contributed by atoms with Gasteiger partial charge in [0, 0.05) is 0 Å². The second-order valence-electron chi connectivity index (χ2n) is 7.24. The largest absolute Gasteiger partial charge is 0.0616 e. The molecule has 134 valence electrons. The van der Waals surface area contributed by atoms with E-state index >= 15 is 0 Å². The first-order valence-corrected chi connectivity index (χ1v) is 12.2. The van der Waals surface area contributed by atoms with Crippen LogP contribution >= 0.6 is 0 Å². The second-order valence-corrected chi connectivity index (χ2v) is 8.24. The summed E-state index contributed by atoms with van der Waals surface area (Å²) < 4.78 is 1.51. The summed E-state index contributed by atoms with van der Waals surface area (Å²) in [6.45, 7) is 2.29.